The fourth-order valence-corrected chi connectivity index (χ4v) is 5.30. The van der Waals surface area contributed by atoms with Crippen LogP contribution >= 0.6 is 0 Å². The van der Waals surface area contributed by atoms with Crippen molar-refractivity contribution in [1.82, 2.24) is 0 Å². The zero-order valence-corrected chi connectivity index (χ0v) is 14.1. The van der Waals surface area contributed by atoms with Gasteiger partial charge in [-0.1, -0.05) is 12.1 Å². The van der Waals surface area contributed by atoms with Crippen molar-refractivity contribution in [2.45, 2.75) is 45.1 Å². The Labute approximate surface area is 142 Å². The molecule has 4 fully saturated rings. The van der Waals surface area contributed by atoms with E-state index in [1.54, 1.807) is 31.2 Å². The number of esters is 2. The quantitative estimate of drug-likeness (QED) is 0.788. The maximum atomic E-state index is 12.7. The summed E-state index contributed by atoms with van der Waals surface area (Å²) in [5, 5.41) is 0. The van der Waals surface area contributed by atoms with Gasteiger partial charge in [0.1, 0.15) is 6.10 Å². The standard InChI is InChI=1S/C20H24O4/c1-2-23-19(21)16-5-3-4-6-17(16)20(22)24-18-14-8-12-7-13(10-14)11-15(18)9-12/h3-6,12-15,18H,2,7-11H2,1H3. The fourth-order valence-electron chi connectivity index (χ4n) is 5.30. The summed E-state index contributed by atoms with van der Waals surface area (Å²) in [5.74, 6) is 1.87. The second-order valence-corrected chi connectivity index (χ2v) is 7.57. The smallest absolute Gasteiger partial charge is 0.339 e. The molecule has 24 heavy (non-hydrogen) atoms. The van der Waals surface area contributed by atoms with Gasteiger partial charge in [-0.2, -0.15) is 0 Å². The zero-order chi connectivity index (χ0) is 16.7. The average molecular weight is 328 g/mol. The van der Waals surface area contributed by atoms with Crippen molar-refractivity contribution in [3.8, 4) is 0 Å². The molecule has 0 spiro atoms. The molecule has 1 aromatic rings. The Morgan fingerprint density at radius 3 is 2.00 bits per heavy atom. The first kappa shape index (κ1) is 15.7. The van der Waals surface area contributed by atoms with E-state index in [0.717, 1.165) is 11.8 Å². The minimum atomic E-state index is -0.463. The number of ether oxygens (including phenoxy) is 2. The lowest BCUT2D eigenvalue weighted by atomic mass is 9.55. The van der Waals surface area contributed by atoms with E-state index in [0.29, 0.717) is 23.0 Å². The maximum Gasteiger partial charge on any atom is 0.339 e. The molecule has 1 aromatic carbocycles. The fraction of sp³-hybridized carbons (Fsp3) is 0.600. The van der Waals surface area contributed by atoms with E-state index < -0.39 is 5.97 Å². The van der Waals surface area contributed by atoms with Crippen molar-refractivity contribution in [3.05, 3.63) is 35.4 Å². The molecule has 0 amide bonds. The molecule has 0 aliphatic heterocycles. The molecular weight excluding hydrogens is 304 g/mol. The van der Waals surface area contributed by atoms with E-state index in [2.05, 4.69) is 0 Å². The van der Waals surface area contributed by atoms with Gasteiger partial charge in [-0.05, 0) is 74.8 Å². The van der Waals surface area contributed by atoms with Gasteiger partial charge in [0.15, 0.2) is 0 Å². The molecular formula is C20H24O4. The predicted molar refractivity (Wildman–Crippen MR) is 88.6 cm³/mol. The first-order chi connectivity index (χ1) is 11.7. The third-order valence-corrected chi connectivity index (χ3v) is 6.03. The van der Waals surface area contributed by atoms with Gasteiger partial charge in [0.05, 0.1) is 17.7 Å². The van der Waals surface area contributed by atoms with Crippen LogP contribution in [0.2, 0.25) is 0 Å². The summed E-state index contributed by atoms with van der Waals surface area (Å²) in [4.78, 5) is 24.8. The van der Waals surface area contributed by atoms with Crippen LogP contribution in [0.3, 0.4) is 0 Å². The Balaban J connectivity index is 1.52. The van der Waals surface area contributed by atoms with Crippen LogP contribution in [0.5, 0.6) is 0 Å². The van der Waals surface area contributed by atoms with E-state index in [-0.39, 0.29) is 18.7 Å². The molecule has 4 saturated carbocycles. The topological polar surface area (TPSA) is 52.6 Å². The van der Waals surface area contributed by atoms with Gasteiger partial charge in [0.2, 0.25) is 0 Å². The summed E-state index contributed by atoms with van der Waals surface area (Å²) in [6.45, 7) is 2.05. The first-order valence-corrected chi connectivity index (χ1v) is 9.12. The molecule has 128 valence electrons. The highest BCUT2D eigenvalue weighted by Gasteiger charge is 2.50. The Morgan fingerprint density at radius 1 is 0.917 bits per heavy atom. The predicted octanol–water partition coefficient (Wildman–Crippen LogP) is 3.84. The van der Waals surface area contributed by atoms with Crippen molar-refractivity contribution in [2.75, 3.05) is 6.61 Å². The van der Waals surface area contributed by atoms with Crippen molar-refractivity contribution < 1.29 is 19.1 Å². The van der Waals surface area contributed by atoms with Crippen LogP contribution in [0.15, 0.2) is 24.3 Å². The number of carbonyl (C=O) groups is 2. The van der Waals surface area contributed by atoms with Crippen molar-refractivity contribution >= 4 is 11.9 Å². The van der Waals surface area contributed by atoms with Crippen LogP contribution in [0.25, 0.3) is 0 Å². The van der Waals surface area contributed by atoms with Crippen LogP contribution in [0.4, 0.5) is 0 Å². The molecule has 0 unspecified atom stereocenters. The molecule has 0 radical (unpaired) electrons. The van der Waals surface area contributed by atoms with Crippen molar-refractivity contribution in [2.24, 2.45) is 23.7 Å². The highest BCUT2D eigenvalue weighted by molar-refractivity contribution is 6.03. The van der Waals surface area contributed by atoms with Crippen LogP contribution in [0, 0.1) is 23.7 Å². The van der Waals surface area contributed by atoms with Gasteiger partial charge in [-0.3, -0.25) is 0 Å². The molecule has 0 atom stereocenters. The van der Waals surface area contributed by atoms with Crippen LogP contribution in [0.1, 0.15) is 59.7 Å². The summed E-state index contributed by atoms with van der Waals surface area (Å²) in [5.41, 5.74) is 0.623. The lowest BCUT2D eigenvalue weighted by molar-refractivity contribution is -0.101. The Hall–Kier alpha value is -1.84. The molecule has 4 aliphatic rings. The summed E-state index contributed by atoms with van der Waals surface area (Å²) in [7, 11) is 0. The molecule has 0 saturated heterocycles. The van der Waals surface area contributed by atoms with Crippen molar-refractivity contribution in [1.29, 1.82) is 0 Å². The van der Waals surface area contributed by atoms with E-state index >= 15 is 0 Å². The van der Waals surface area contributed by atoms with Gasteiger partial charge in [-0.25, -0.2) is 9.59 Å². The van der Waals surface area contributed by atoms with Gasteiger partial charge in [0.25, 0.3) is 0 Å². The summed E-state index contributed by atoms with van der Waals surface area (Å²) in [6, 6.07) is 6.79. The van der Waals surface area contributed by atoms with E-state index in [9.17, 15) is 9.59 Å². The Bertz CT molecular complexity index is 623. The summed E-state index contributed by atoms with van der Waals surface area (Å²) < 4.78 is 11.0. The van der Waals surface area contributed by atoms with Crippen LogP contribution in [-0.2, 0) is 9.47 Å². The number of hydrogen-bond donors (Lipinski definition) is 0. The normalized spacial score (nSPS) is 33.3. The van der Waals surface area contributed by atoms with Gasteiger partial charge in [0, 0.05) is 0 Å². The highest BCUT2D eigenvalue weighted by Crippen LogP contribution is 2.54. The second kappa shape index (κ2) is 6.23. The summed E-state index contributed by atoms with van der Waals surface area (Å²) >= 11 is 0. The second-order valence-electron chi connectivity index (χ2n) is 7.57. The number of benzene rings is 1. The molecule has 5 rings (SSSR count). The van der Waals surface area contributed by atoms with Gasteiger partial charge >= 0.3 is 11.9 Å². The van der Waals surface area contributed by atoms with E-state index in [1.165, 1.54) is 32.1 Å². The number of hydrogen-bond acceptors (Lipinski definition) is 4. The van der Waals surface area contributed by atoms with E-state index in [1.807, 2.05) is 0 Å². The highest BCUT2D eigenvalue weighted by atomic mass is 16.5. The largest absolute Gasteiger partial charge is 0.462 e. The summed E-state index contributed by atoms with van der Waals surface area (Å²) in [6.07, 6.45) is 6.20. The number of rotatable bonds is 4. The molecule has 0 N–H and O–H groups in total. The lowest BCUT2D eigenvalue weighted by Crippen LogP contribution is -2.50. The third-order valence-electron chi connectivity index (χ3n) is 6.03. The van der Waals surface area contributed by atoms with Crippen LogP contribution in [-0.4, -0.2) is 24.6 Å². The maximum absolute atomic E-state index is 12.7. The molecule has 0 heterocycles. The monoisotopic (exact) mass is 328 g/mol. The SMILES string of the molecule is CCOC(=O)c1ccccc1C(=O)OC1C2CC3CC(C2)CC1C3. The molecule has 4 nitrogen and oxygen atoms in total. The molecule has 4 heteroatoms. The number of carbonyl (C=O) groups excluding carboxylic acids is 2. The van der Waals surface area contributed by atoms with Crippen molar-refractivity contribution in [3.63, 3.8) is 0 Å². The zero-order valence-electron chi connectivity index (χ0n) is 14.1. The minimum absolute atomic E-state index is 0.0283. The Morgan fingerprint density at radius 2 is 1.46 bits per heavy atom. The molecule has 4 aliphatic carbocycles. The van der Waals surface area contributed by atoms with Crippen LogP contribution < -0.4 is 0 Å². The molecule has 4 bridgehead atoms. The lowest BCUT2D eigenvalue weighted by Gasteiger charge is -2.53. The third kappa shape index (κ3) is 2.72. The first-order valence-electron chi connectivity index (χ1n) is 9.12. The van der Waals surface area contributed by atoms with E-state index in [4.69, 9.17) is 9.47 Å². The van der Waals surface area contributed by atoms with Gasteiger partial charge in [-0.15, -0.1) is 0 Å². The molecule has 0 aromatic heterocycles. The minimum Gasteiger partial charge on any atom is -0.462 e. The Kier molecular flexibility index (Phi) is 4.07. The average Bonchev–Trinajstić information content (AvgIpc) is 2.57. The van der Waals surface area contributed by atoms with Gasteiger partial charge < -0.3 is 9.47 Å².